The van der Waals surface area contributed by atoms with Crippen LogP contribution >= 0.6 is 0 Å². The van der Waals surface area contributed by atoms with Gasteiger partial charge >= 0.3 is 0 Å². The molecule has 2 aliphatic carbocycles. The predicted octanol–water partition coefficient (Wildman–Crippen LogP) is 2.48. The quantitative estimate of drug-likeness (QED) is 0.290. The molecule has 0 spiro atoms. The molecule has 5 rings (SSSR count). The number of nitrogens with one attached hydrogen (secondary N) is 5. The van der Waals surface area contributed by atoms with Crippen LogP contribution in [-0.4, -0.2) is 49.5 Å². The first kappa shape index (κ1) is 26.4. The first-order valence-electron chi connectivity index (χ1n) is 14.7. The lowest BCUT2D eigenvalue weighted by Gasteiger charge is -2.43. The van der Waals surface area contributed by atoms with Crippen LogP contribution in [0, 0.1) is 29.6 Å². The van der Waals surface area contributed by atoms with Crippen LogP contribution in [0.1, 0.15) is 90.4 Å². The fraction of sp³-hybridized carbons (Fsp3) is 0.926. The minimum Gasteiger partial charge on any atom is -0.378 e. The zero-order valence-electron chi connectivity index (χ0n) is 21.9. The summed E-state index contributed by atoms with van der Waals surface area (Å²) in [6.45, 7) is 3.91. The highest BCUT2D eigenvalue weighted by Gasteiger charge is 2.42. The van der Waals surface area contributed by atoms with Crippen molar-refractivity contribution in [3.63, 3.8) is 0 Å². The molecule has 3 saturated heterocycles. The Morgan fingerprint density at radius 3 is 2.92 bits per heavy atom. The summed E-state index contributed by atoms with van der Waals surface area (Å²) in [5.41, 5.74) is 9.42. The van der Waals surface area contributed by atoms with Crippen molar-refractivity contribution in [2.75, 3.05) is 13.2 Å². The predicted molar refractivity (Wildman–Crippen MR) is 136 cm³/mol. The Hall–Kier alpha value is -1.26. The average molecular weight is 506 g/mol. The number of rotatable bonds is 10. The smallest absolute Gasteiger partial charge is 0.237 e. The summed E-state index contributed by atoms with van der Waals surface area (Å²) in [5.74, 6) is 2.69. The molecular weight excluding hydrogens is 458 g/mol. The van der Waals surface area contributed by atoms with Crippen LogP contribution in [0.2, 0.25) is 0 Å². The molecule has 0 radical (unpaired) electrons. The van der Waals surface area contributed by atoms with Gasteiger partial charge in [-0.25, -0.2) is 5.43 Å². The zero-order valence-corrected chi connectivity index (χ0v) is 21.9. The minimum atomic E-state index is -0.0201. The molecule has 5 fully saturated rings. The highest BCUT2D eigenvalue weighted by Crippen LogP contribution is 2.39. The maximum Gasteiger partial charge on any atom is 0.237 e. The van der Waals surface area contributed by atoms with E-state index in [-0.39, 0.29) is 30.1 Å². The van der Waals surface area contributed by atoms with Crippen molar-refractivity contribution >= 4 is 11.8 Å². The van der Waals surface area contributed by atoms with Crippen LogP contribution in [0.15, 0.2) is 0 Å². The molecule has 204 valence electrons. The maximum atomic E-state index is 12.3. The molecule has 9 heteroatoms. The first-order chi connectivity index (χ1) is 17.6. The molecule has 0 bridgehead atoms. The lowest BCUT2D eigenvalue weighted by molar-refractivity contribution is -0.134. The second-order valence-corrected chi connectivity index (χ2v) is 12.0. The van der Waals surface area contributed by atoms with E-state index in [1.165, 1.54) is 32.1 Å². The van der Waals surface area contributed by atoms with Crippen molar-refractivity contribution in [3.05, 3.63) is 0 Å². The van der Waals surface area contributed by atoms with Gasteiger partial charge in [0.05, 0.1) is 12.3 Å². The molecule has 3 aliphatic heterocycles. The lowest BCUT2D eigenvalue weighted by Crippen LogP contribution is -2.61. The summed E-state index contributed by atoms with van der Waals surface area (Å²) in [6.07, 6.45) is 14.1. The van der Waals surface area contributed by atoms with Crippen molar-refractivity contribution in [1.82, 2.24) is 27.0 Å². The first-order valence-corrected chi connectivity index (χ1v) is 14.7. The van der Waals surface area contributed by atoms with Gasteiger partial charge in [-0.15, -0.1) is 0 Å². The molecule has 0 aromatic rings. The van der Waals surface area contributed by atoms with E-state index in [0.29, 0.717) is 48.8 Å². The van der Waals surface area contributed by atoms with E-state index in [0.717, 1.165) is 51.6 Å². The topological polar surface area (TPSA) is 113 Å². The van der Waals surface area contributed by atoms with Gasteiger partial charge in [-0.3, -0.25) is 25.2 Å². The highest BCUT2D eigenvalue weighted by atomic mass is 16.7. The van der Waals surface area contributed by atoms with E-state index in [9.17, 15) is 9.59 Å². The van der Waals surface area contributed by atoms with Gasteiger partial charge < -0.3 is 10.1 Å². The molecule has 9 nitrogen and oxygen atoms in total. The molecule has 0 aromatic heterocycles. The molecular formula is C27H47N5O4. The Morgan fingerprint density at radius 1 is 1.11 bits per heavy atom. The Labute approximate surface area is 215 Å². The summed E-state index contributed by atoms with van der Waals surface area (Å²) in [5, 5.41) is 6.69. The van der Waals surface area contributed by atoms with Crippen LogP contribution in [-0.2, 0) is 19.2 Å². The summed E-state index contributed by atoms with van der Waals surface area (Å²) < 4.78 is 5.84. The summed E-state index contributed by atoms with van der Waals surface area (Å²) in [4.78, 5) is 30.3. The number of hydroxylamine groups is 1. The van der Waals surface area contributed by atoms with E-state index >= 15 is 0 Å². The summed E-state index contributed by atoms with van der Waals surface area (Å²) >= 11 is 0. The monoisotopic (exact) mass is 505 g/mol. The van der Waals surface area contributed by atoms with E-state index < -0.39 is 0 Å². The summed E-state index contributed by atoms with van der Waals surface area (Å²) in [7, 11) is 0. The largest absolute Gasteiger partial charge is 0.378 e. The third-order valence-electron chi connectivity index (χ3n) is 9.57. The van der Waals surface area contributed by atoms with Crippen LogP contribution in [0.3, 0.4) is 0 Å². The van der Waals surface area contributed by atoms with Gasteiger partial charge in [0.1, 0.15) is 6.23 Å². The van der Waals surface area contributed by atoms with Crippen LogP contribution in [0.4, 0.5) is 0 Å². The molecule has 2 saturated carbocycles. The lowest BCUT2D eigenvalue weighted by atomic mass is 9.70. The van der Waals surface area contributed by atoms with Gasteiger partial charge in [-0.2, -0.15) is 5.48 Å². The normalized spacial score (nSPS) is 39.2. The highest BCUT2D eigenvalue weighted by molar-refractivity contribution is 5.79. The second kappa shape index (κ2) is 12.5. The van der Waals surface area contributed by atoms with E-state index in [1.54, 1.807) is 0 Å². The van der Waals surface area contributed by atoms with Crippen molar-refractivity contribution in [2.45, 2.75) is 115 Å². The Balaban J connectivity index is 0.923. The van der Waals surface area contributed by atoms with Crippen LogP contribution < -0.4 is 27.0 Å². The fourth-order valence-electron chi connectivity index (χ4n) is 7.47. The Morgan fingerprint density at radius 2 is 2.00 bits per heavy atom. The van der Waals surface area contributed by atoms with Gasteiger partial charge in [0, 0.05) is 31.5 Å². The van der Waals surface area contributed by atoms with E-state index in [4.69, 9.17) is 9.57 Å². The number of hydrazine groups is 1. The van der Waals surface area contributed by atoms with Crippen molar-refractivity contribution in [1.29, 1.82) is 0 Å². The van der Waals surface area contributed by atoms with Crippen molar-refractivity contribution < 1.29 is 19.2 Å². The summed E-state index contributed by atoms with van der Waals surface area (Å²) in [6, 6.07) is 0.335. The van der Waals surface area contributed by atoms with Gasteiger partial charge in [0.15, 0.2) is 0 Å². The van der Waals surface area contributed by atoms with Gasteiger partial charge in [0.2, 0.25) is 11.8 Å². The number of hydrogen-bond donors (Lipinski definition) is 5. The molecule has 5 aliphatic rings. The molecule has 3 heterocycles. The fourth-order valence-corrected chi connectivity index (χ4v) is 7.47. The second-order valence-electron chi connectivity index (χ2n) is 12.0. The van der Waals surface area contributed by atoms with Crippen molar-refractivity contribution in [3.8, 4) is 0 Å². The molecule has 5 N–H and O–H groups in total. The Bertz CT molecular complexity index is 754. The molecule has 9 atom stereocenters. The Kier molecular flexibility index (Phi) is 9.17. The van der Waals surface area contributed by atoms with Crippen LogP contribution in [0.5, 0.6) is 0 Å². The van der Waals surface area contributed by atoms with Gasteiger partial charge in [0.25, 0.3) is 0 Å². The van der Waals surface area contributed by atoms with Crippen LogP contribution in [0.25, 0.3) is 0 Å². The maximum absolute atomic E-state index is 12.3. The number of hydrogen-bond acceptors (Lipinski definition) is 7. The average Bonchev–Trinajstić information content (AvgIpc) is 3.56. The van der Waals surface area contributed by atoms with Gasteiger partial charge in [-0.1, -0.05) is 19.8 Å². The third-order valence-corrected chi connectivity index (χ3v) is 9.57. The third kappa shape index (κ3) is 6.41. The van der Waals surface area contributed by atoms with E-state index in [2.05, 4.69) is 33.9 Å². The van der Waals surface area contributed by atoms with Gasteiger partial charge in [-0.05, 0) is 87.9 Å². The number of ether oxygens (including phenoxy) is 1. The SMILES string of the molecule is CC(CCCNC(=O)CCCC1NC(C2CCC3OCCC3C2)NO1)C1NNC(=O)C2CCCCC21. The molecule has 9 unspecified atom stereocenters. The van der Waals surface area contributed by atoms with E-state index in [1.807, 2.05) is 0 Å². The number of amides is 2. The number of fused-ring (bicyclic) bond motifs is 2. The molecule has 36 heavy (non-hydrogen) atoms. The molecule has 2 amide bonds. The zero-order chi connectivity index (χ0) is 24.9. The standard InChI is InChI=1S/C27H47N5O4/c1-17(25-20-7-2-3-8-21(20)27(34)31-30-25)6-5-14-28-23(33)9-4-10-24-29-26(32-36-24)19-11-12-22-18(16-19)13-15-35-22/h17-22,24-26,29-30,32H,2-16H2,1H3,(H,28,33)(H,31,34). The minimum absolute atomic E-state index is 0.0201. The van der Waals surface area contributed by atoms with Crippen molar-refractivity contribution in [2.24, 2.45) is 29.6 Å². The number of carbonyl (C=O) groups is 2. The number of carbonyl (C=O) groups excluding carboxylic acids is 2. The molecule has 0 aromatic carbocycles.